The van der Waals surface area contributed by atoms with E-state index in [9.17, 15) is 4.79 Å². The summed E-state index contributed by atoms with van der Waals surface area (Å²) in [7, 11) is 0. The van der Waals surface area contributed by atoms with Crippen LogP contribution in [-0.2, 0) is 4.79 Å². The first-order valence-electron chi connectivity index (χ1n) is 8.96. The molecule has 0 aliphatic carbocycles. The van der Waals surface area contributed by atoms with Gasteiger partial charge in [0.05, 0.1) is 5.69 Å². The lowest BCUT2D eigenvalue weighted by Crippen LogP contribution is -2.25. The minimum atomic E-state index is -0.297. The molecular weight excluding hydrogens is 413 g/mol. The number of nitrogens with one attached hydrogen (secondary N) is 1. The molecule has 29 heavy (non-hydrogen) atoms. The van der Waals surface area contributed by atoms with Gasteiger partial charge >= 0.3 is 0 Å². The lowest BCUT2D eigenvalue weighted by atomic mass is 9.85. The van der Waals surface area contributed by atoms with Gasteiger partial charge in [0.2, 0.25) is 5.91 Å². The Morgan fingerprint density at radius 2 is 1.79 bits per heavy atom. The molecule has 1 N–H and O–H groups in total. The second-order valence-corrected chi connectivity index (χ2v) is 7.72. The third-order valence-electron chi connectivity index (χ3n) is 5.07. The van der Waals surface area contributed by atoms with Crippen LogP contribution in [-0.4, -0.2) is 35.5 Å². The molecule has 0 spiro atoms. The Balaban J connectivity index is 1.72. The average molecular weight is 428 g/mol. The molecule has 0 saturated carbocycles. The smallest absolute Gasteiger partial charge is 0.226 e. The van der Waals surface area contributed by atoms with Gasteiger partial charge in [0.1, 0.15) is 5.82 Å². The quantitative estimate of drug-likeness (QED) is 0.526. The summed E-state index contributed by atoms with van der Waals surface area (Å²) >= 11 is 12.9. The Hall–Kier alpha value is -2.97. The number of nitrogens with zero attached hydrogens (tertiary/aromatic N) is 6. The largest absolute Gasteiger partial charge is 0.310 e. The number of carbonyl (C=O) groups is 1. The normalized spacial score (nSPS) is 16.1. The number of rotatable bonds is 2. The summed E-state index contributed by atoms with van der Waals surface area (Å²) in [5.74, 6) is 1.33. The maximum Gasteiger partial charge on any atom is 0.226 e. The molecule has 4 heterocycles. The molecule has 1 amide bonds. The number of hydrogen-bond donors (Lipinski definition) is 1. The summed E-state index contributed by atoms with van der Waals surface area (Å²) in [6.45, 7) is 3.71. The van der Waals surface area contributed by atoms with Crippen molar-refractivity contribution < 1.29 is 4.79 Å². The number of carbonyl (C=O) groups excluding carboxylic acids is 1. The van der Waals surface area contributed by atoms with Crippen molar-refractivity contribution in [1.82, 2.24) is 29.6 Å². The maximum absolute atomic E-state index is 12.6. The molecule has 3 aromatic heterocycles. The lowest BCUT2D eigenvalue weighted by Gasteiger charge is -2.25. The van der Waals surface area contributed by atoms with Crippen molar-refractivity contribution in [3.63, 3.8) is 0 Å². The minimum absolute atomic E-state index is 0.138. The van der Waals surface area contributed by atoms with Gasteiger partial charge in [-0.2, -0.15) is 14.3 Å². The molecule has 0 radical (unpaired) electrons. The molecule has 4 aromatic rings. The van der Waals surface area contributed by atoms with Gasteiger partial charge in [-0.15, -0.1) is 15.3 Å². The van der Waals surface area contributed by atoms with Gasteiger partial charge in [0.15, 0.2) is 17.3 Å². The van der Waals surface area contributed by atoms with E-state index in [2.05, 4.69) is 25.7 Å². The van der Waals surface area contributed by atoms with E-state index in [0.717, 1.165) is 16.8 Å². The maximum atomic E-state index is 12.6. The van der Waals surface area contributed by atoms with Gasteiger partial charge in [0.25, 0.3) is 0 Å². The van der Waals surface area contributed by atoms with Crippen LogP contribution in [0, 0.1) is 13.8 Å². The summed E-state index contributed by atoms with van der Waals surface area (Å²) in [4.78, 5) is 12.6. The zero-order chi connectivity index (χ0) is 20.3. The Kier molecular flexibility index (Phi) is 4.07. The molecule has 10 heteroatoms. The van der Waals surface area contributed by atoms with E-state index in [0.29, 0.717) is 33.2 Å². The predicted molar refractivity (Wildman–Crippen MR) is 109 cm³/mol. The van der Waals surface area contributed by atoms with Crippen molar-refractivity contribution in [3.8, 4) is 5.82 Å². The first-order chi connectivity index (χ1) is 13.9. The number of fused-ring (bicyclic) bond motifs is 2. The van der Waals surface area contributed by atoms with Crippen molar-refractivity contribution in [1.29, 1.82) is 0 Å². The van der Waals surface area contributed by atoms with Gasteiger partial charge in [0, 0.05) is 27.9 Å². The van der Waals surface area contributed by atoms with Crippen LogP contribution in [0.4, 0.5) is 5.82 Å². The number of aryl methyl sites for hydroxylation is 2. The first-order valence-corrected chi connectivity index (χ1v) is 9.72. The second kappa shape index (κ2) is 6.53. The summed E-state index contributed by atoms with van der Waals surface area (Å²) < 4.78 is 3.25. The summed E-state index contributed by atoms with van der Waals surface area (Å²) in [6.07, 6.45) is 0.236. The highest BCUT2D eigenvalue weighted by Crippen LogP contribution is 2.44. The number of hydrogen-bond acceptors (Lipinski definition) is 5. The fourth-order valence-electron chi connectivity index (χ4n) is 3.80. The average Bonchev–Trinajstić information content (AvgIpc) is 3.21. The number of amides is 1. The Morgan fingerprint density at radius 1 is 1.03 bits per heavy atom. The van der Waals surface area contributed by atoms with Crippen LogP contribution < -0.4 is 5.32 Å². The predicted octanol–water partition coefficient (Wildman–Crippen LogP) is 3.71. The van der Waals surface area contributed by atoms with E-state index >= 15 is 0 Å². The Labute approximate surface area is 175 Å². The topological polar surface area (TPSA) is 90.0 Å². The van der Waals surface area contributed by atoms with Crippen molar-refractivity contribution in [2.75, 3.05) is 5.32 Å². The molecule has 1 aliphatic rings. The number of anilines is 1. The van der Waals surface area contributed by atoms with Gasteiger partial charge in [-0.25, -0.2) is 0 Å². The molecule has 0 bridgehead atoms. The van der Waals surface area contributed by atoms with E-state index in [1.165, 1.54) is 0 Å². The lowest BCUT2D eigenvalue weighted by molar-refractivity contribution is -0.116. The van der Waals surface area contributed by atoms with E-state index < -0.39 is 0 Å². The fourth-order valence-corrected chi connectivity index (χ4v) is 4.46. The number of halogens is 2. The van der Waals surface area contributed by atoms with Crippen LogP contribution in [0.5, 0.6) is 0 Å². The van der Waals surface area contributed by atoms with E-state index in [1.54, 1.807) is 39.5 Å². The third-order valence-corrected chi connectivity index (χ3v) is 5.73. The van der Waals surface area contributed by atoms with Gasteiger partial charge < -0.3 is 5.32 Å². The van der Waals surface area contributed by atoms with Gasteiger partial charge in [-0.3, -0.25) is 4.79 Å². The molecule has 5 rings (SSSR count). The van der Waals surface area contributed by atoms with E-state index in [1.807, 2.05) is 13.8 Å². The Bertz CT molecular complexity index is 1270. The van der Waals surface area contributed by atoms with E-state index in [4.69, 9.17) is 23.2 Å². The molecule has 8 nitrogen and oxygen atoms in total. The number of aromatic nitrogens is 6. The Morgan fingerprint density at radius 3 is 2.55 bits per heavy atom. The molecule has 1 aromatic carbocycles. The molecule has 0 unspecified atom stereocenters. The van der Waals surface area contributed by atoms with Crippen LogP contribution in [0.3, 0.4) is 0 Å². The van der Waals surface area contributed by atoms with Crippen LogP contribution in [0.2, 0.25) is 10.0 Å². The summed E-state index contributed by atoms with van der Waals surface area (Å²) in [5, 5.41) is 21.3. The van der Waals surface area contributed by atoms with Crippen LogP contribution in [0.15, 0.2) is 30.3 Å². The highest BCUT2D eigenvalue weighted by Gasteiger charge is 2.35. The summed E-state index contributed by atoms with van der Waals surface area (Å²) in [5.41, 5.74) is 3.01. The standard InChI is InChI=1S/C19H15Cl2N7O/c1-9-17-11(18-12(20)4-3-5-13(18)21)8-16(29)22-19(17)28(25-9)15-7-6-14-24-23-10(2)27(14)26-15/h3-7,11H,8H2,1-2H3,(H,22,29)/t11-/m1/s1. The molecule has 0 saturated heterocycles. The highest BCUT2D eigenvalue weighted by molar-refractivity contribution is 6.36. The van der Waals surface area contributed by atoms with Gasteiger partial charge in [-0.05, 0) is 43.7 Å². The molecular formula is C19H15Cl2N7O. The van der Waals surface area contributed by atoms with Crippen molar-refractivity contribution in [2.45, 2.75) is 26.2 Å². The number of benzene rings is 1. The molecule has 146 valence electrons. The molecule has 0 fully saturated rings. The van der Waals surface area contributed by atoms with Crippen LogP contribution in [0.1, 0.15) is 35.0 Å². The molecule has 1 atom stereocenters. The van der Waals surface area contributed by atoms with Gasteiger partial charge in [-0.1, -0.05) is 29.3 Å². The monoisotopic (exact) mass is 427 g/mol. The summed E-state index contributed by atoms with van der Waals surface area (Å²) in [6, 6.07) is 8.93. The third kappa shape index (κ3) is 2.79. The van der Waals surface area contributed by atoms with Crippen molar-refractivity contribution >= 4 is 40.6 Å². The zero-order valence-corrected chi connectivity index (χ0v) is 17.0. The highest BCUT2D eigenvalue weighted by atomic mass is 35.5. The van der Waals surface area contributed by atoms with Crippen LogP contribution >= 0.6 is 23.2 Å². The van der Waals surface area contributed by atoms with E-state index in [-0.39, 0.29) is 18.2 Å². The minimum Gasteiger partial charge on any atom is -0.310 e. The second-order valence-electron chi connectivity index (χ2n) is 6.91. The zero-order valence-electron chi connectivity index (χ0n) is 15.5. The fraction of sp³-hybridized carbons (Fsp3) is 0.211. The first kappa shape index (κ1) is 18.1. The molecule has 1 aliphatic heterocycles. The van der Waals surface area contributed by atoms with Crippen molar-refractivity contribution in [3.05, 3.63) is 63.0 Å². The van der Waals surface area contributed by atoms with Crippen LogP contribution in [0.25, 0.3) is 11.5 Å². The van der Waals surface area contributed by atoms with Crippen molar-refractivity contribution in [2.24, 2.45) is 0 Å². The SMILES string of the molecule is Cc1nn(-c2ccc3nnc(C)n3n2)c2c1[C@H](c1c(Cl)cccc1Cl)CC(=O)N2.